The summed E-state index contributed by atoms with van der Waals surface area (Å²) in [6.45, 7) is 0. The number of pyridine rings is 1. The summed E-state index contributed by atoms with van der Waals surface area (Å²) in [7, 11) is 0. The molecular weight excluding hydrogens is 757 g/mol. The lowest BCUT2D eigenvalue weighted by molar-refractivity contribution is 0.670. The van der Waals surface area contributed by atoms with Gasteiger partial charge in [0.25, 0.3) is 0 Å². The average molecular weight is 795 g/mol. The first kappa shape index (κ1) is 36.7. The van der Waals surface area contributed by atoms with Crippen LogP contribution < -0.4 is 0 Å². The Kier molecular flexibility index (Phi) is 9.25. The second-order valence-electron chi connectivity index (χ2n) is 15.4. The second-order valence-corrected chi connectivity index (χ2v) is 15.4. The predicted octanol–water partition coefficient (Wildman–Crippen LogP) is 14.6. The number of nitrogens with one attached hydrogen (secondary N) is 1. The van der Waals surface area contributed by atoms with Crippen LogP contribution in [-0.2, 0) is 0 Å². The highest BCUT2D eigenvalue weighted by molar-refractivity contribution is 6.12. The minimum atomic E-state index is 0.376. The lowest BCUT2D eigenvalue weighted by Gasteiger charge is -2.11. The van der Waals surface area contributed by atoms with Crippen molar-refractivity contribution >= 4 is 55.9 Å². The van der Waals surface area contributed by atoms with Gasteiger partial charge in [-0.15, -0.1) is 0 Å². The summed E-state index contributed by atoms with van der Waals surface area (Å²) < 4.78 is 8.54. The van der Waals surface area contributed by atoms with Gasteiger partial charge in [-0.1, -0.05) is 194 Å². The number of aromatic nitrogens is 2. The van der Waals surface area contributed by atoms with Gasteiger partial charge in [0.1, 0.15) is 16.9 Å². The molecule has 0 unspecified atom stereocenters. The molecule has 0 radical (unpaired) electrons. The molecule has 0 amide bonds. The largest absolute Gasteiger partial charge is 0.455 e. The Morgan fingerprint density at radius 2 is 1.16 bits per heavy atom. The highest BCUT2D eigenvalue weighted by Crippen LogP contribution is 2.41. The molecular formula is C57H38N4O. The number of fused-ring (bicyclic) bond motifs is 6. The molecule has 8 aromatic carbocycles. The summed E-state index contributed by atoms with van der Waals surface area (Å²) in [5, 5.41) is 18.9. The lowest BCUT2D eigenvalue weighted by atomic mass is 9.96. The summed E-state index contributed by atoms with van der Waals surface area (Å²) in [5.74, 6) is 0. The van der Waals surface area contributed by atoms with Gasteiger partial charge < -0.3 is 9.83 Å². The second kappa shape index (κ2) is 15.6. The smallest absolute Gasteiger partial charge is 0.143 e. The van der Waals surface area contributed by atoms with E-state index in [2.05, 4.69) is 150 Å². The number of para-hydroxylation sites is 2. The van der Waals surface area contributed by atoms with Crippen LogP contribution in [0.5, 0.6) is 0 Å². The molecule has 1 N–H and O–H groups in total. The van der Waals surface area contributed by atoms with Crippen LogP contribution >= 0.6 is 0 Å². The van der Waals surface area contributed by atoms with Crippen molar-refractivity contribution in [2.24, 2.45) is 4.99 Å². The molecule has 11 rings (SSSR count). The fraction of sp³-hybridized carbons (Fsp3) is 0. The van der Waals surface area contributed by atoms with E-state index in [0.29, 0.717) is 11.4 Å². The Bertz CT molecular complexity index is 3510. The van der Waals surface area contributed by atoms with Gasteiger partial charge in [-0.05, 0) is 51.9 Å². The first-order chi connectivity index (χ1) is 30.7. The van der Waals surface area contributed by atoms with Crippen molar-refractivity contribution in [3.8, 4) is 44.8 Å². The zero-order chi connectivity index (χ0) is 41.4. The zero-order valence-electron chi connectivity index (χ0n) is 33.6. The van der Waals surface area contributed by atoms with Crippen LogP contribution in [0, 0.1) is 5.41 Å². The number of nitrogens with zero attached hydrogens (tertiary/aromatic N) is 3. The Morgan fingerprint density at radius 1 is 0.532 bits per heavy atom. The maximum atomic E-state index is 9.10. The topological polar surface area (TPSA) is 66.7 Å². The van der Waals surface area contributed by atoms with Crippen LogP contribution in [0.1, 0.15) is 16.7 Å². The van der Waals surface area contributed by atoms with Crippen LogP contribution in [0.3, 0.4) is 0 Å². The Balaban J connectivity index is 1.01. The van der Waals surface area contributed by atoms with E-state index in [1.807, 2.05) is 79.0 Å². The maximum Gasteiger partial charge on any atom is 0.143 e. The van der Waals surface area contributed by atoms with Crippen LogP contribution in [0.2, 0.25) is 0 Å². The van der Waals surface area contributed by atoms with E-state index in [4.69, 9.17) is 19.9 Å². The Hall–Kier alpha value is -8.41. The van der Waals surface area contributed by atoms with E-state index in [9.17, 15) is 0 Å². The van der Waals surface area contributed by atoms with Crippen LogP contribution in [0.15, 0.2) is 228 Å². The van der Waals surface area contributed by atoms with Gasteiger partial charge in [-0.25, -0.2) is 4.52 Å². The van der Waals surface area contributed by atoms with Crippen molar-refractivity contribution < 1.29 is 4.42 Å². The molecule has 0 aliphatic carbocycles. The quantitative estimate of drug-likeness (QED) is 0.148. The summed E-state index contributed by atoms with van der Waals surface area (Å²) >= 11 is 0. The van der Waals surface area contributed by atoms with Crippen molar-refractivity contribution in [2.45, 2.75) is 0 Å². The molecule has 5 heteroatoms. The number of furan rings is 1. The number of allylic oxidation sites excluding steroid dienone is 1. The number of hydrogen-bond donors (Lipinski definition) is 1. The molecule has 3 heterocycles. The van der Waals surface area contributed by atoms with E-state index in [-0.39, 0.29) is 0 Å². The van der Waals surface area contributed by atoms with Gasteiger partial charge >= 0.3 is 0 Å². The molecule has 0 saturated carbocycles. The van der Waals surface area contributed by atoms with E-state index < -0.39 is 0 Å². The minimum Gasteiger partial charge on any atom is -0.455 e. The number of aliphatic imine (C=N–C) groups is 1. The van der Waals surface area contributed by atoms with Gasteiger partial charge in [0, 0.05) is 50.2 Å². The third-order valence-corrected chi connectivity index (χ3v) is 11.5. The van der Waals surface area contributed by atoms with Gasteiger partial charge in [0.05, 0.1) is 22.6 Å². The SMILES string of the molecule is N=C(/C=C(\N=Cc1ccc(-c2c(-c3ccccc3)nn3c(-c4ccccc4)cc4ccccc4c23)cc1)c1cccc(-c2cccc3c2oc2ccccc23)c1)c1ccccc1. The summed E-state index contributed by atoms with van der Waals surface area (Å²) in [6.07, 6.45) is 3.74. The molecule has 62 heavy (non-hydrogen) atoms. The molecule has 0 aliphatic heterocycles. The third-order valence-electron chi connectivity index (χ3n) is 11.5. The first-order valence-corrected chi connectivity index (χ1v) is 20.7. The molecule has 0 saturated heterocycles. The maximum absolute atomic E-state index is 9.10. The van der Waals surface area contributed by atoms with Crippen LogP contribution in [-0.4, -0.2) is 21.5 Å². The normalized spacial score (nSPS) is 12.0. The lowest BCUT2D eigenvalue weighted by Crippen LogP contribution is -1.96. The fourth-order valence-electron chi connectivity index (χ4n) is 8.51. The predicted molar refractivity (Wildman–Crippen MR) is 257 cm³/mol. The van der Waals surface area contributed by atoms with E-state index in [1.54, 1.807) is 0 Å². The molecule has 5 nitrogen and oxygen atoms in total. The minimum absolute atomic E-state index is 0.376. The third kappa shape index (κ3) is 6.68. The molecule has 0 atom stereocenters. The Morgan fingerprint density at radius 3 is 1.95 bits per heavy atom. The van der Waals surface area contributed by atoms with E-state index in [1.165, 1.54) is 0 Å². The number of hydrogen-bond acceptors (Lipinski definition) is 4. The van der Waals surface area contributed by atoms with Crippen molar-refractivity contribution in [3.63, 3.8) is 0 Å². The van der Waals surface area contributed by atoms with Gasteiger partial charge in [-0.2, -0.15) is 5.10 Å². The molecule has 0 bridgehead atoms. The molecule has 0 fully saturated rings. The van der Waals surface area contributed by atoms with Crippen molar-refractivity contribution in [1.29, 1.82) is 5.41 Å². The van der Waals surface area contributed by atoms with E-state index >= 15 is 0 Å². The van der Waals surface area contributed by atoms with Crippen molar-refractivity contribution in [2.75, 3.05) is 0 Å². The van der Waals surface area contributed by atoms with Crippen LogP contribution in [0.4, 0.5) is 0 Å². The standard InChI is InChI=1S/C57H38N4O/c58-50(39-16-4-1-5-17-39)36-51(45-24-14-23-43(34-45)47-27-15-28-49-48-26-12-13-29-53(48)62-57(47)49)59-37-38-30-32-41(33-31-38)54-55(42-20-8-3-9-21-42)60-61-52(40-18-6-2-7-19-40)35-44-22-10-11-25-46(44)56(54)61/h1-37,58H/b51-36-,58-50?,59-37?. The highest BCUT2D eigenvalue weighted by Gasteiger charge is 2.21. The summed E-state index contributed by atoms with van der Waals surface area (Å²) in [4.78, 5) is 5.11. The molecule has 0 spiro atoms. The molecule has 11 aromatic rings. The highest BCUT2D eigenvalue weighted by atomic mass is 16.3. The van der Waals surface area contributed by atoms with Crippen LogP contribution in [0.25, 0.3) is 88.7 Å². The first-order valence-electron chi connectivity index (χ1n) is 20.7. The zero-order valence-corrected chi connectivity index (χ0v) is 33.6. The van der Waals surface area contributed by atoms with E-state index in [0.717, 1.165) is 99.7 Å². The number of benzene rings is 8. The number of rotatable bonds is 9. The average Bonchev–Trinajstić information content (AvgIpc) is 3.94. The van der Waals surface area contributed by atoms with Gasteiger partial charge in [0.2, 0.25) is 0 Å². The molecule has 292 valence electrons. The summed E-state index contributed by atoms with van der Waals surface area (Å²) in [5.41, 5.74) is 14.7. The molecule has 0 aliphatic rings. The summed E-state index contributed by atoms with van der Waals surface area (Å²) in [6, 6.07) is 72.8. The Labute approximate surface area is 358 Å². The monoisotopic (exact) mass is 794 g/mol. The van der Waals surface area contributed by atoms with Crippen molar-refractivity contribution in [1.82, 2.24) is 9.61 Å². The fourth-order valence-corrected chi connectivity index (χ4v) is 8.51. The van der Waals surface area contributed by atoms with Gasteiger partial charge in [0.15, 0.2) is 0 Å². The van der Waals surface area contributed by atoms with Gasteiger partial charge in [-0.3, -0.25) is 4.99 Å². The molecule has 3 aromatic heterocycles. The van der Waals surface area contributed by atoms with Crippen molar-refractivity contribution in [3.05, 3.63) is 235 Å².